The first-order valence-corrected chi connectivity index (χ1v) is 10.2. The van der Waals surface area contributed by atoms with Crippen molar-refractivity contribution in [2.24, 2.45) is 0 Å². The van der Waals surface area contributed by atoms with E-state index < -0.39 is 0 Å². The average molecular weight is 381 g/mol. The second kappa shape index (κ2) is 10.6. The number of carbonyl (C=O) groups is 2. The Labute approximate surface area is 169 Å². The second-order valence-electron chi connectivity index (χ2n) is 7.38. The van der Waals surface area contributed by atoms with Gasteiger partial charge >= 0.3 is 0 Å². The monoisotopic (exact) mass is 380 g/mol. The molecule has 0 fully saturated rings. The van der Waals surface area contributed by atoms with Crippen LogP contribution in [0.1, 0.15) is 66.8 Å². The Balaban J connectivity index is 2.15. The van der Waals surface area contributed by atoms with Crippen LogP contribution in [-0.4, -0.2) is 40.7 Å². The van der Waals surface area contributed by atoms with Gasteiger partial charge in [-0.1, -0.05) is 44.2 Å². The molecule has 28 heavy (non-hydrogen) atoms. The number of nitrogens with zero attached hydrogens (tertiary/aromatic N) is 2. The van der Waals surface area contributed by atoms with Gasteiger partial charge in [0.15, 0.2) is 0 Å². The second-order valence-corrected chi connectivity index (χ2v) is 7.38. The minimum Gasteiger partial charge on any atom is -0.339 e. The fourth-order valence-corrected chi connectivity index (χ4v) is 3.23. The van der Waals surface area contributed by atoms with Crippen molar-refractivity contribution in [3.63, 3.8) is 0 Å². The fraction of sp³-hybridized carbons (Fsp3) is 0.417. The molecule has 0 aliphatic carbocycles. The van der Waals surface area contributed by atoms with E-state index in [1.54, 1.807) is 24.3 Å². The summed E-state index contributed by atoms with van der Waals surface area (Å²) in [6.07, 6.45) is 1.87. The third-order valence-corrected chi connectivity index (χ3v) is 4.73. The van der Waals surface area contributed by atoms with E-state index in [0.29, 0.717) is 17.7 Å². The molecule has 0 aliphatic rings. The van der Waals surface area contributed by atoms with E-state index in [1.807, 2.05) is 54.0 Å². The minimum atomic E-state index is -0.0168. The molecule has 0 saturated carbocycles. The Morgan fingerprint density at radius 2 is 1.29 bits per heavy atom. The van der Waals surface area contributed by atoms with E-state index in [0.717, 1.165) is 31.5 Å². The Kier molecular flexibility index (Phi) is 8.24. The maximum absolute atomic E-state index is 13.0. The van der Waals surface area contributed by atoms with Crippen LogP contribution in [0, 0.1) is 0 Å². The summed E-state index contributed by atoms with van der Waals surface area (Å²) in [5.74, 6) is 0.0181. The van der Waals surface area contributed by atoms with E-state index in [4.69, 9.17) is 0 Å². The highest BCUT2D eigenvalue weighted by Gasteiger charge is 2.20. The van der Waals surface area contributed by atoms with Crippen LogP contribution in [0.15, 0.2) is 54.6 Å². The molecule has 150 valence electrons. The molecule has 0 spiro atoms. The number of hydrogen-bond donors (Lipinski definition) is 0. The molecule has 0 radical (unpaired) electrons. The highest BCUT2D eigenvalue weighted by molar-refractivity contribution is 5.98. The molecule has 0 bridgehead atoms. The van der Waals surface area contributed by atoms with Gasteiger partial charge in [0.1, 0.15) is 0 Å². The highest BCUT2D eigenvalue weighted by Crippen LogP contribution is 2.15. The molecule has 0 aliphatic heterocycles. The predicted octanol–water partition coefficient (Wildman–Crippen LogP) is 5.00. The number of carbonyl (C=O) groups excluding carboxylic acids is 2. The minimum absolute atomic E-state index is 0.0168. The molecule has 0 aromatic heterocycles. The molecule has 2 amide bonds. The lowest BCUT2D eigenvalue weighted by Crippen LogP contribution is -2.36. The van der Waals surface area contributed by atoms with E-state index in [1.165, 1.54) is 0 Å². The van der Waals surface area contributed by atoms with Crippen molar-refractivity contribution in [1.29, 1.82) is 0 Å². The van der Waals surface area contributed by atoms with E-state index in [2.05, 4.69) is 13.8 Å². The van der Waals surface area contributed by atoms with Crippen molar-refractivity contribution < 1.29 is 9.59 Å². The van der Waals surface area contributed by atoms with Gasteiger partial charge in [-0.25, -0.2) is 0 Å². The first kappa shape index (κ1) is 21.7. The molecule has 4 heteroatoms. The summed E-state index contributed by atoms with van der Waals surface area (Å²) in [6.45, 7) is 10.3. The molecule has 0 atom stereocenters. The first-order valence-electron chi connectivity index (χ1n) is 10.2. The van der Waals surface area contributed by atoms with Crippen molar-refractivity contribution in [3.8, 4) is 0 Å². The topological polar surface area (TPSA) is 40.6 Å². The third kappa shape index (κ3) is 5.69. The van der Waals surface area contributed by atoms with Gasteiger partial charge in [-0.05, 0) is 56.5 Å². The maximum atomic E-state index is 13.0. The molecule has 0 saturated heterocycles. The van der Waals surface area contributed by atoms with Gasteiger partial charge in [0, 0.05) is 36.8 Å². The van der Waals surface area contributed by atoms with E-state index in [-0.39, 0.29) is 17.9 Å². The molecule has 0 unspecified atom stereocenters. The number of hydrogen-bond acceptors (Lipinski definition) is 2. The van der Waals surface area contributed by atoms with Crippen LogP contribution in [0.25, 0.3) is 0 Å². The molecular weight excluding hydrogens is 348 g/mol. The zero-order chi connectivity index (χ0) is 20.5. The van der Waals surface area contributed by atoms with Crippen LogP contribution in [-0.2, 0) is 6.54 Å². The zero-order valence-corrected chi connectivity index (χ0v) is 17.5. The average Bonchev–Trinajstić information content (AvgIpc) is 2.71. The fourth-order valence-electron chi connectivity index (χ4n) is 3.23. The summed E-state index contributed by atoms with van der Waals surface area (Å²) in [5.41, 5.74) is 2.35. The van der Waals surface area contributed by atoms with Gasteiger partial charge in [0.05, 0.1) is 0 Å². The maximum Gasteiger partial charge on any atom is 0.254 e. The van der Waals surface area contributed by atoms with Crippen LogP contribution in [0.2, 0.25) is 0 Å². The largest absolute Gasteiger partial charge is 0.339 e. The standard InChI is InChI=1S/C24H32N2O2/c1-5-16-25(17-6-2)23(27)21-12-14-22(15-13-21)24(28)26(19(3)4)18-20-10-8-7-9-11-20/h7-15,19H,5-6,16-18H2,1-4H3. The Hall–Kier alpha value is -2.62. The van der Waals surface area contributed by atoms with Crippen LogP contribution < -0.4 is 0 Å². The quantitative estimate of drug-likeness (QED) is 0.614. The van der Waals surface area contributed by atoms with Crippen molar-refractivity contribution in [2.75, 3.05) is 13.1 Å². The number of benzene rings is 2. The van der Waals surface area contributed by atoms with Gasteiger partial charge in [-0.15, -0.1) is 0 Å². The number of rotatable bonds is 9. The van der Waals surface area contributed by atoms with Crippen molar-refractivity contribution in [2.45, 2.75) is 53.1 Å². The lowest BCUT2D eigenvalue weighted by molar-refractivity contribution is 0.0688. The predicted molar refractivity (Wildman–Crippen MR) is 114 cm³/mol. The molecule has 2 rings (SSSR count). The summed E-state index contributed by atoms with van der Waals surface area (Å²) in [4.78, 5) is 29.5. The van der Waals surface area contributed by atoms with Crippen molar-refractivity contribution in [3.05, 3.63) is 71.3 Å². The SMILES string of the molecule is CCCN(CCC)C(=O)c1ccc(C(=O)N(Cc2ccccc2)C(C)C)cc1. The molecule has 0 heterocycles. The van der Waals surface area contributed by atoms with Gasteiger partial charge in [-0.2, -0.15) is 0 Å². The van der Waals surface area contributed by atoms with Crippen LogP contribution in [0.3, 0.4) is 0 Å². The van der Waals surface area contributed by atoms with Gasteiger partial charge in [-0.3, -0.25) is 9.59 Å². The third-order valence-electron chi connectivity index (χ3n) is 4.73. The van der Waals surface area contributed by atoms with Gasteiger partial charge in [0.25, 0.3) is 11.8 Å². The van der Waals surface area contributed by atoms with E-state index >= 15 is 0 Å². The Morgan fingerprint density at radius 3 is 1.75 bits per heavy atom. The van der Waals surface area contributed by atoms with Crippen LogP contribution >= 0.6 is 0 Å². The van der Waals surface area contributed by atoms with Crippen molar-refractivity contribution >= 4 is 11.8 Å². The number of amides is 2. The molecule has 4 nitrogen and oxygen atoms in total. The van der Waals surface area contributed by atoms with Crippen LogP contribution in [0.4, 0.5) is 0 Å². The normalized spacial score (nSPS) is 10.8. The van der Waals surface area contributed by atoms with Gasteiger partial charge in [0.2, 0.25) is 0 Å². The summed E-state index contributed by atoms with van der Waals surface area (Å²) < 4.78 is 0. The lowest BCUT2D eigenvalue weighted by Gasteiger charge is -2.27. The first-order chi connectivity index (χ1) is 13.5. The van der Waals surface area contributed by atoms with E-state index in [9.17, 15) is 9.59 Å². The highest BCUT2D eigenvalue weighted by atomic mass is 16.2. The summed E-state index contributed by atoms with van der Waals surface area (Å²) in [6, 6.07) is 17.2. The molecule has 2 aromatic rings. The summed E-state index contributed by atoms with van der Waals surface area (Å²) >= 11 is 0. The lowest BCUT2D eigenvalue weighted by atomic mass is 10.1. The van der Waals surface area contributed by atoms with Crippen LogP contribution in [0.5, 0.6) is 0 Å². The van der Waals surface area contributed by atoms with Gasteiger partial charge < -0.3 is 9.80 Å². The zero-order valence-electron chi connectivity index (χ0n) is 17.5. The Bertz CT molecular complexity index is 748. The molecule has 0 N–H and O–H groups in total. The van der Waals surface area contributed by atoms with Crippen molar-refractivity contribution in [1.82, 2.24) is 9.80 Å². The smallest absolute Gasteiger partial charge is 0.254 e. The summed E-state index contributed by atoms with van der Waals surface area (Å²) in [5, 5.41) is 0. The molecule has 2 aromatic carbocycles. The Morgan fingerprint density at radius 1 is 0.786 bits per heavy atom. The molecular formula is C24H32N2O2. The summed E-state index contributed by atoms with van der Waals surface area (Å²) in [7, 11) is 0.